The molecular weight excluding hydrogens is 172 g/mol. The molecule has 0 aliphatic heterocycles. The van der Waals surface area contributed by atoms with Crippen LogP contribution >= 0.6 is 11.1 Å². The minimum absolute atomic E-state index is 1.11. The lowest BCUT2D eigenvalue weighted by Crippen LogP contribution is -2.20. The Kier molecular flexibility index (Phi) is 2.74. The van der Waals surface area contributed by atoms with Crippen LogP contribution in [0.3, 0.4) is 0 Å². The Morgan fingerprint density at radius 2 is 1.82 bits per heavy atom. The van der Waals surface area contributed by atoms with Crippen LogP contribution in [0.15, 0.2) is 18.2 Å². The van der Waals surface area contributed by atoms with E-state index in [0.29, 0.717) is 0 Å². The molecule has 0 amide bonds. The molecule has 0 aliphatic rings. The van der Waals surface area contributed by atoms with Crippen LogP contribution in [0.5, 0.6) is 0 Å². The Morgan fingerprint density at radius 1 is 1.18 bits per heavy atom. The predicted molar refractivity (Wildman–Crippen MR) is 54.4 cm³/mol. The summed E-state index contributed by atoms with van der Waals surface area (Å²) in [5.41, 5.74) is 2.70. The Bertz CT molecular complexity index is 256. The van der Waals surface area contributed by atoms with Gasteiger partial charge in [-0.15, -0.1) is 0 Å². The highest BCUT2D eigenvalue weighted by atomic mass is 35.6. The lowest BCUT2D eigenvalue weighted by atomic mass is 10.1. The van der Waals surface area contributed by atoms with Gasteiger partial charge >= 0.3 is 0 Å². The van der Waals surface area contributed by atoms with Gasteiger partial charge in [-0.05, 0) is 30.2 Å². The van der Waals surface area contributed by atoms with E-state index in [1.807, 2.05) is 0 Å². The van der Waals surface area contributed by atoms with E-state index < -0.39 is 8.11 Å². The maximum atomic E-state index is 6.07. The molecule has 11 heavy (non-hydrogen) atoms. The highest BCUT2D eigenvalue weighted by Gasteiger charge is 2.03. The molecular formula is C9H13ClSi. The van der Waals surface area contributed by atoms with E-state index in [9.17, 15) is 0 Å². The Labute approximate surface area is 74.5 Å². The summed E-state index contributed by atoms with van der Waals surface area (Å²) < 4.78 is 0. The van der Waals surface area contributed by atoms with Gasteiger partial charge in [0, 0.05) is 0 Å². The molecule has 0 heterocycles. The molecule has 0 aliphatic carbocycles. The molecule has 0 aromatic heterocycles. The quantitative estimate of drug-likeness (QED) is 0.464. The Morgan fingerprint density at radius 3 is 2.27 bits per heavy atom. The number of hydrogen-bond acceptors (Lipinski definition) is 0. The molecule has 0 nitrogen and oxygen atoms in total. The standard InChI is InChI=1S/C9H13ClSi/c1-7-4-5-9(11(3)10)6-8(7)2/h4-6,11H,1-3H3. The van der Waals surface area contributed by atoms with Crippen molar-refractivity contribution < 1.29 is 0 Å². The van der Waals surface area contributed by atoms with Crippen molar-refractivity contribution in [2.75, 3.05) is 0 Å². The number of rotatable bonds is 1. The lowest BCUT2D eigenvalue weighted by Gasteiger charge is -2.04. The third-order valence-electron chi connectivity index (χ3n) is 1.99. The summed E-state index contributed by atoms with van der Waals surface area (Å²) in [6, 6.07) is 6.50. The first-order valence-corrected chi connectivity index (χ1v) is 7.30. The molecule has 1 atom stereocenters. The first kappa shape index (κ1) is 8.82. The van der Waals surface area contributed by atoms with Crippen LogP contribution in [0.25, 0.3) is 0 Å². The maximum Gasteiger partial charge on any atom is 0.168 e. The van der Waals surface area contributed by atoms with Crippen molar-refractivity contribution in [3.63, 3.8) is 0 Å². The first-order valence-electron chi connectivity index (χ1n) is 3.82. The van der Waals surface area contributed by atoms with Crippen LogP contribution in [0.4, 0.5) is 0 Å². The van der Waals surface area contributed by atoms with Crippen molar-refractivity contribution in [3.05, 3.63) is 29.3 Å². The van der Waals surface area contributed by atoms with Gasteiger partial charge in [0.1, 0.15) is 0 Å². The van der Waals surface area contributed by atoms with Crippen LogP contribution in [-0.4, -0.2) is 8.11 Å². The van der Waals surface area contributed by atoms with Crippen molar-refractivity contribution in [1.29, 1.82) is 0 Å². The van der Waals surface area contributed by atoms with E-state index in [4.69, 9.17) is 11.1 Å². The monoisotopic (exact) mass is 184 g/mol. The zero-order valence-electron chi connectivity index (χ0n) is 7.19. The van der Waals surface area contributed by atoms with Gasteiger partial charge in [0.2, 0.25) is 0 Å². The van der Waals surface area contributed by atoms with Gasteiger partial charge in [-0.2, -0.15) is 11.1 Å². The third kappa shape index (κ3) is 2.08. The van der Waals surface area contributed by atoms with Crippen LogP contribution in [0.2, 0.25) is 6.55 Å². The second-order valence-electron chi connectivity index (χ2n) is 2.96. The molecule has 60 valence electrons. The fourth-order valence-corrected chi connectivity index (χ4v) is 2.26. The number of benzene rings is 1. The van der Waals surface area contributed by atoms with Crippen LogP contribution in [-0.2, 0) is 0 Å². The molecule has 2 heteroatoms. The average Bonchev–Trinajstić information content (AvgIpc) is 1.94. The fourth-order valence-electron chi connectivity index (χ4n) is 1.01. The molecule has 1 rings (SSSR count). The van der Waals surface area contributed by atoms with Gasteiger partial charge in [0.25, 0.3) is 0 Å². The summed E-state index contributed by atoms with van der Waals surface area (Å²) in [6.45, 7) is 6.39. The summed E-state index contributed by atoms with van der Waals surface area (Å²) in [6.07, 6.45) is 0. The molecule has 0 saturated carbocycles. The Hall–Kier alpha value is -0.273. The summed E-state index contributed by atoms with van der Waals surface area (Å²) >= 11 is 6.07. The molecule has 0 N–H and O–H groups in total. The van der Waals surface area contributed by atoms with Gasteiger partial charge in [0.05, 0.1) is 0 Å². The van der Waals surface area contributed by atoms with Crippen LogP contribution in [0.1, 0.15) is 11.1 Å². The highest BCUT2D eigenvalue weighted by Crippen LogP contribution is 2.04. The Balaban J connectivity index is 3.05. The summed E-state index contributed by atoms with van der Waals surface area (Å²) in [5, 5.41) is 1.34. The van der Waals surface area contributed by atoms with Gasteiger partial charge in [-0.25, -0.2) is 0 Å². The van der Waals surface area contributed by atoms with Crippen molar-refractivity contribution in [3.8, 4) is 0 Å². The first-order chi connectivity index (χ1) is 5.11. The topological polar surface area (TPSA) is 0 Å². The smallest absolute Gasteiger partial charge is 0.166 e. The van der Waals surface area contributed by atoms with Crippen LogP contribution < -0.4 is 5.19 Å². The average molecular weight is 185 g/mol. The zero-order valence-corrected chi connectivity index (χ0v) is 9.10. The summed E-state index contributed by atoms with van der Waals surface area (Å²) in [7, 11) is -1.11. The van der Waals surface area contributed by atoms with E-state index in [2.05, 4.69) is 38.6 Å². The van der Waals surface area contributed by atoms with E-state index in [1.54, 1.807) is 0 Å². The molecule has 0 radical (unpaired) electrons. The van der Waals surface area contributed by atoms with Crippen LogP contribution in [0, 0.1) is 13.8 Å². The molecule has 0 bridgehead atoms. The van der Waals surface area contributed by atoms with Gasteiger partial charge in [-0.1, -0.05) is 24.7 Å². The van der Waals surface area contributed by atoms with Crippen molar-refractivity contribution >= 4 is 24.4 Å². The van der Waals surface area contributed by atoms with Crippen molar-refractivity contribution in [2.24, 2.45) is 0 Å². The largest absolute Gasteiger partial charge is 0.168 e. The van der Waals surface area contributed by atoms with Gasteiger partial charge in [-0.3, -0.25) is 0 Å². The lowest BCUT2D eigenvalue weighted by molar-refractivity contribution is 1.35. The zero-order chi connectivity index (χ0) is 8.43. The van der Waals surface area contributed by atoms with Gasteiger partial charge < -0.3 is 0 Å². The molecule has 0 spiro atoms. The van der Waals surface area contributed by atoms with Crippen molar-refractivity contribution in [1.82, 2.24) is 0 Å². The van der Waals surface area contributed by atoms with E-state index in [1.165, 1.54) is 16.3 Å². The van der Waals surface area contributed by atoms with E-state index >= 15 is 0 Å². The molecule has 1 aromatic carbocycles. The molecule has 0 fully saturated rings. The van der Waals surface area contributed by atoms with E-state index in [0.717, 1.165) is 0 Å². The second-order valence-corrected chi connectivity index (χ2v) is 6.82. The van der Waals surface area contributed by atoms with Gasteiger partial charge in [0.15, 0.2) is 8.11 Å². The van der Waals surface area contributed by atoms with Crippen molar-refractivity contribution in [2.45, 2.75) is 20.4 Å². The number of aryl methyl sites for hydroxylation is 2. The van der Waals surface area contributed by atoms with E-state index in [-0.39, 0.29) is 0 Å². The molecule has 1 unspecified atom stereocenters. The summed E-state index contributed by atoms with van der Waals surface area (Å²) in [5.74, 6) is 0. The fraction of sp³-hybridized carbons (Fsp3) is 0.333. The predicted octanol–water partition coefficient (Wildman–Crippen LogP) is 2.10. The highest BCUT2D eigenvalue weighted by molar-refractivity contribution is 7.13. The minimum atomic E-state index is -1.11. The summed E-state index contributed by atoms with van der Waals surface area (Å²) in [4.78, 5) is 0. The molecule has 0 saturated heterocycles. The number of halogens is 1. The third-order valence-corrected chi connectivity index (χ3v) is 4.02. The number of hydrogen-bond donors (Lipinski definition) is 0. The SMILES string of the molecule is Cc1ccc([SiH](C)Cl)cc1C. The molecule has 1 aromatic rings. The minimum Gasteiger partial charge on any atom is -0.166 e. The normalized spacial score (nSPS) is 13.1. The second kappa shape index (κ2) is 3.42. The maximum absolute atomic E-state index is 6.07.